The number of rotatable bonds is 9. The van der Waals surface area contributed by atoms with Crippen LogP contribution >= 0.6 is 0 Å². The van der Waals surface area contributed by atoms with Crippen LogP contribution in [0, 0.1) is 0 Å². The van der Waals surface area contributed by atoms with Gasteiger partial charge in [-0.2, -0.15) is 0 Å². The third-order valence-electron chi connectivity index (χ3n) is 4.49. The van der Waals surface area contributed by atoms with Gasteiger partial charge in [-0.1, -0.05) is 68.5 Å². The molecule has 0 fully saturated rings. The van der Waals surface area contributed by atoms with Crippen LogP contribution in [0.4, 0.5) is 0 Å². The summed E-state index contributed by atoms with van der Waals surface area (Å²) in [5.74, 6) is 0.0408. The number of nitrogens with zero attached hydrogens (tertiary/aromatic N) is 2. The second-order valence-corrected chi connectivity index (χ2v) is 6.79. The maximum atomic E-state index is 12.5. The summed E-state index contributed by atoms with van der Waals surface area (Å²) in [6.07, 6.45) is 3.60. The Balaban J connectivity index is 2.07. The number of benzene rings is 2. The van der Waals surface area contributed by atoms with Crippen LogP contribution in [-0.4, -0.2) is 42.8 Å². The minimum atomic E-state index is 0.0408. The highest BCUT2D eigenvalue weighted by Gasteiger charge is 2.05. The number of hydrogen-bond donors (Lipinski definition) is 0. The monoisotopic (exact) mass is 350 g/mol. The molecule has 0 bridgehead atoms. The van der Waals surface area contributed by atoms with E-state index < -0.39 is 0 Å². The van der Waals surface area contributed by atoms with Crippen LogP contribution in [0.3, 0.4) is 0 Å². The van der Waals surface area contributed by atoms with E-state index in [1.807, 2.05) is 44.4 Å². The Kier molecular flexibility index (Phi) is 7.76. The van der Waals surface area contributed by atoms with Gasteiger partial charge >= 0.3 is 0 Å². The number of hydrogen-bond acceptors (Lipinski definition) is 3. The zero-order valence-corrected chi connectivity index (χ0v) is 16.4. The second-order valence-electron chi connectivity index (χ2n) is 6.79. The first-order valence-corrected chi connectivity index (χ1v) is 9.29. The van der Waals surface area contributed by atoms with Crippen molar-refractivity contribution in [3.63, 3.8) is 0 Å². The van der Waals surface area contributed by atoms with Gasteiger partial charge in [0.05, 0.1) is 0 Å². The first-order chi connectivity index (χ1) is 12.5. The largest absolute Gasteiger partial charge is 0.305 e. The Morgan fingerprint density at radius 3 is 2.19 bits per heavy atom. The van der Waals surface area contributed by atoms with E-state index in [2.05, 4.69) is 47.9 Å². The summed E-state index contributed by atoms with van der Waals surface area (Å²) in [5, 5.41) is 0. The molecule has 0 radical (unpaired) electrons. The maximum Gasteiger partial charge on any atom is 0.185 e. The van der Waals surface area contributed by atoms with Crippen molar-refractivity contribution in [3.8, 4) is 0 Å². The van der Waals surface area contributed by atoms with Crippen molar-refractivity contribution in [1.82, 2.24) is 9.80 Å². The van der Waals surface area contributed by atoms with Gasteiger partial charge in [-0.25, -0.2) is 0 Å². The quantitative estimate of drug-likeness (QED) is 0.492. The smallest absolute Gasteiger partial charge is 0.185 e. The van der Waals surface area contributed by atoms with Gasteiger partial charge in [-0.05, 0) is 50.0 Å². The first kappa shape index (κ1) is 20.1. The van der Waals surface area contributed by atoms with Crippen molar-refractivity contribution in [2.24, 2.45) is 0 Å². The summed E-state index contributed by atoms with van der Waals surface area (Å²) < 4.78 is 0. The van der Waals surface area contributed by atoms with Gasteiger partial charge in [0, 0.05) is 18.7 Å². The summed E-state index contributed by atoms with van der Waals surface area (Å²) in [6, 6.07) is 16.2. The number of ketones is 1. The third kappa shape index (κ3) is 5.94. The topological polar surface area (TPSA) is 23.6 Å². The van der Waals surface area contributed by atoms with E-state index in [0.717, 1.165) is 37.3 Å². The van der Waals surface area contributed by atoms with Crippen molar-refractivity contribution in [2.75, 3.05) is 27.2 Å². The summed E-state index contributed by atoms with van der Waals surface area (Å²) >= 11 is 0. The Bertz CT molecular complexity index is 728. The predicted molar refractivity (Wildman–Crippen MR) is 110 cm³/mol. The van der Waals surface area contributed by atoms with Gasteiger partial charge in [0.1, 0.15) is 0 Å². The molecule has 0 aliphatic heterocycles. The number of allylic oxidation sites excluding steroid dienone is 1. The van der Waals surface area contributed by atoms with Crippen molar-refractivity contribution in [1.29, 1.82) is 0 Å². The molecule has 2 aromatic rings. The van der Waals surface area contributed by atoms with Crippen molar-refractivity contribution in [2.45, 2.75) is 26.9 Å². The summed E-state index contributed by atoms with van der Waals surface area (Å²) in [5.41, 5.74) is 4.28. The van der Waals surface area contributed by atoms with Crippen LogP contribution in [0.15, 0.2) is 54.6 Å². The van der Waals surface area contributed by atoms with Crippen LogP contribution < -0.4 is 0 Å². The molecule has 0 spiro atoms. The Hall–Kier alpha value is -2.23. The van der Waals surface area contributed by atoms with Crippen molar-refractivity contribution in [3.05, 3.63) is 76.9 Å². The van der Waals surface area contributed by atoms with E-state index in [-0.39, 0.29) is 5.78 Å². The summed E-state index contributed by atoms with van der Waals surface area (Å²) in [6.45, 7) is 8.18. The standard InChI is InChI=1S/C23H30N2O/c1-5-25(6-2)17-19-11-13-21(14-12-19)23(26)16-15-20-9-7-8-10-22(20)18-24(3)4/h7-16H,5-6,17-18H2,1-4H3/b16-15+. The minimum Gasteiger partial charge on any atom is -0.305 e. The van der Waals surface area contributed by atoms with Crippen molar-refractivity contribution < 1.29 is 4.79 Å². The summed E-state index contributed by atoms with van der Waals surface area (Å²) in [7, 11) is 4.09. The van der Waals surface area contributed by atoms with Gasteiger partial charge < -0.3 is 4.90 Å². The molecule has 0 aromatic heterocycles. The molecule has 0 atom stereocenters. The molecule has 0 saturated heterocycles. The van der Waals surface area contributed by atoms with E-state index >= 15 is 0 Å². The molecule has 3 nitrogen and oxygen atoms in total. The molecular formula is C23H30N2O. The highest BCUT2D eigenvalue weighted by Crippen LogP contribution is 2.14. The number of carbonyl (C=O) groups excluding carboxylic acids is 1. The molecule has 2 rings (SSSR count). The third-order valence-corrected chi connectivity index (χ3v) is 4.49. The highest BCUT2D eigenvalue weighted by atomic mass is 16.1. The zero-order valence-electron chi connectivity index (χ0n) is 16.4. The van der Waals surface area contributed by atoms with E-state index in [9.17, 15) is 4.79 Å². The van der Waals surface area contributed by atoms with Gasteiger partial charge in [0.25, 0.3) is 0 Å². The molecule has 138 valence electrons. The van der Waals surface area contributed by atoms with Crippen LogP contribution in [0.25, 0.3) is 6.08 Å². The van der Waals surface area contributed by atoms with Gasteiger partial charge in [-0.15, -0.1) is 0 Å². The molecule has 0 N–H and O–H groups in total. The van der Waals surface area contributed by atoms with Crippen LogP contribution in [0.5, 0.6) is 0 Å². The van der Waals surface area contributed by atoms with E-state index in [1.165, 1.54) is 11.1 Å². The van der Waals surface area contributed by atoms with Crippen LogP contribution in [0.1, 0.15) is 40.9 Å². The first-order valence-electron chi connectivity index (χ1n) is 9.29. The molecular weight excluding hydrogens is 320 g/mol. The maximum absolute atomic E-state index is 12.5. The fourth-order valence-electron chi connectivity index (χ4n) is 2.92. The Morgan fingerprint density at radius 1 is 0.923 bits per heavy atom. The fourth-order valence-corrected chi connectivity index (χ4v) is 2.92. The van der Waals surface area contributed by atoms with E-state index in [1.54, 1.807) is 6.08 Å². The molecule has 3 heteroatoms. The molecule has 0 aliphatic rings. The minimum absolute atomic E-state index is 0.0408. The van der Waals surface area contributed by atoms with Gasteiger partial charge in [-0.3, -0.25) is 9.69 Å². The van der Waals surface area contributed by atoms with Gasteiger partial charge in [0.2, 0.25) is 0 Å². The lowest BCUT2D eigenvalue weighted by molar-refractivity contribution is 0.104. The molecule has 0 unspecified atom stereocenters. The SMILES string of the molecule is CCN(CC)Cc1ccc(C(=O)/C=C/c2ccccc2CN(C)C)cc1. The molecule has 0 aliphatic carbocycles. The molecule has 0 amide bonds. The normalized spacial score (nSPS) is 11.6. The summed E-state index contributed by atoms with van der Waals surface area (Å²) in [4.78, 5) is 17.0. The molecule has 2 aromatic carbocycles. The zero-order chi connectivity index (χ0) is 18.9. The van der Waals surface area contributed by atoms with Crippen LogP contribution in [0.2, 0.25) is 0 Å². The van der Waals surface area contributed by atoms with Crippen molar-refractivity contribution >= 4 is 11.9 Å². The molecule has 0 heterocycles. The lowest BCUT2D eigenvalue weighted by Crippen LogP contribution is -2.22. The Morgan fingerprint density at radius 2 is 1.58 bits per heavy atom. The second kappa shape index (κ2) is 10.0. The predicted octanol–water partition coefficient (Wildman–Crippen LogP) is 4.49. The van der Waals surface area contributed by atoms with Crippen LogP contribution in [-0.2, 0) is 13.1 Å². The van der Waals surface area contributed by atoms with E-state index in [0.29, 0.717) is 0 Å². The average Bonchev–Trinajstić information content (AvgIpc) is 2.65. The lowest BCUT2D eigenvalue weighted by Gasteiger charge is -2.17. The van der Waals surface area contributed by atoms with E-state index in [4.69, 9.17) is 0 Å². The Labute approximate surface area is 157 Å². The molecule has 26 heavy (non-hydrogen) atoms. The fraction of sp³-hybridized carbons (Fsp3) is 0.348. The lowest BCUT2D eigenvalue weighted by atomic mass is 10.0. The highest BCUT2D eigenvalue weighted by molar-refractivity contribution is 6.06. The molecule has 0 saturated carbocycles. The van der Waals surface area contributed by atoms with Gasteiger partial charge in [0.15, 0.2) is 5.78 Å². The average molecular weight is 351 g/mol. The number of carbonyl (C=O) groups is 1.